The van der Waals surface area contributed by atoms with Gasteiger partial charge in [0.2, 0.25) is 12.2 Å². The molecule has 2 aliphatic carbocycles. The zero-order valence-electron chi connectivity index (χ0n) is 14.6. The van der Waals surface area contributed by atoms with Crippen LogP contribution in [-0.2, 0) is 19.2 Å². The molecule has 0 aromatic rings. The van der Waals surface area contributed by atoms with E-state index in [0.29, 0.717) is 12.8 Å². The van der Waals surface area contributed by atoms with Gasteiger partial charge in [-0.05, 0) is 25.2 Å². The third-order valence-electron chi connectivity index (χ3n) is 5.54. The third-order valence-corrected chi connectivity index (χ3v) is 5.54. The number of carboxylic acids is 2. The molecule has 2 bridgehead atoms. The van der Waals surface area contributed by atoms with E-state index in [4.69, 9.17) is 0 Å². The summed E-state index contributed by atoms with van der Waals surface area (Å²) in [6.45, 7) is 0.200. The Morgan fingerprint density at radius 2 is 1.63 bits per heavy atom. The second-order valence-electron chi connectivity index (χ2n) is 6.69. The zero-order valence-corrected chi connectivity index (χ0v) is 14.6. The van der Waals surface area contributed by atoms with Crippen molar-refractivity contribution in [2.24, 2.45) is 32.7 Å². The van der Waals surface area contributed by atoms with Crippen LogP contribution in [0.15, 0.2) is 46.4 Å². The summed E-state index contributed by atoms with van der Waals surface area (Å²) < 4.78 is 0. The number of nitrogens with zero attached hydrogens (tertiary/aromatic N) is 2. The van der Waals surface area contributed by atoms with Crippen LogP contribution in [0.25, 0.3) is 0 Å². The number of carbonyl (C=O) groups excluding carboxylic acids is 2. The Bertz CT molecular complexity index is 788. The van der Waals surface area contributed by atoms with Crippen molar-refractivity contribution in [1.82, 2.24) is 0 Å². The minimum absolute atomic E-state index is 0.00878. The molecule has 2 N–H and O–H groups in total. The third kappa shape index (κ3) is 3.58. The number of carboxylic acid groups (broad SMARTS) is 2. The number of rotatable bonds is 10. The van der Waals surface area contributed by atoms with E-state index in [-0.39, 0.29) is 25.4 Å². The predicted octanol–water partition coefficient (Wildman–Crippen LogP) is 1.90. The van der Waals surface area contributed by atoms with Gasteiger partial charge in [-0.15, -0.1) is 0 Å². The maximum absolute atomic E-state index is 12.4. The number of aliphatic carboxylic acids is 2. The van der Waals surface area contributed by atoms with E-state index in [1.807, 2.05) is 6.08 Å². The molecule has 0 spiro atoms. The fourth-order valence-corrected chi connectivity index (χ4v) is 4.48. The highest BCUT2D eigenvalue weighted by Gasteiger charge is 2.70. The molecule has 0 saturated heterocycles. The maximum atomic E-state index is 12.4. The van der Waals surface area contributed by atoms with Gasteiger partial charge in [-0.2, -0.15) is 0 Å². The van der Waals surface area contributed by atoms with Gasteiger partial charge >= 0.3 is 11.9 Å². The van der Waals surface area contributed by atoms with Gasteiger partial charge in [-0.1, -0.05) is 36.5 Å². The van der Waals surface area contributed by atoms with Crippen LogP contribution in [0.2, 0.25) is 0 Å². The van der Waals surface area contributed by atoms with Gasteiger partial charge in [-0.25, -0.2) is 19.6 Å². The molecule has 8 nitrogen and oxygen atoms in total. The van der Waals surface area contributed by atoms with Crippen molar-refractivity contribution in [2.45, 2.75) is 19.3 Å². The molecule has 0 radical (unpaired) electrons. The number of carbonyl (C=O) groups is 2. The summed E-state index contributed by atoms with van der Waals surface area (Å²) in [5.74, 6) is -3.71. The Morgan fingerprint density at radius 3 is 2.15 bits per heavy atom. The number of hydrogen-bond donors (Lipinski definition) is 2. The lowest BCUT2D eigenvalue weighted by molar-refractivity contribution is -0.167. The summed E-state index contributed by atoms with van der Waals surface area (Å²) in [5, 5.41) is 19.9. The van der Waals surface area contributed by atoms with Crippen LogP contribution in [0.3, 0.4) is 0 Å². The number of hydrogen-bond acceptors (Lipinski definition) is 6. The predicted molar refractivity (Wildman–Crippen MR) is 94.4 cm³/mol. The smallest absolute Gasteiger partial charge is 0.311 e. The number of aliphatic imine (C=N–C) groups is 2. The first-order chi connectivity index (χ1) is 12.9. The van der Waals surface area contributed by atoms with Gasteiger partial charge < -0.3 is 10.2 Å². The van der Waals surface area contributed by atoms with Crippen molar-refractivity contribution in [3.8, 4) is 0 Å². The second kappa shape index (κ2) is 8.54. The Kier molecular flexibility index (Phi) is 6.40. The topological polar surface area (TPSA) is 133 Å². The van der Waals surface area contributed by atoms with Gasteiger partial charge in [0.15, 0.2) is 0 Å². The molecule has 0 aliphatic heterocycles. The molecule has 4 unspecified atom stereocenters. The lowest BCUT2D eigenvalue weighted by Crippen LogP contribution is -2.50. The van der Waals surface area contributed by atoms with Crippen LogP contribution in [0.5, 0.6) is 0 Å². The first-order valence-electron chi connectivity index (χ1n) is 8.48. The Labute approximate surface area is 155 Å². The molecular weight excluding hydrogens is 352 g/mol. The molecule has 1 fully saturated rings. The lowest BCUT2D eigenvalue weighted by atomic mass is 9.57. The maximum Gasteiger partial charge on any atom is 0.311 e. The van der Waals surface area contributed by atoms with E-state index in [2.05, 4.69) is 9.98 Å². The highest BCUT2D eigenvalue weighted by atomic mass is 16.4. The van der Waals surface area contributed by atoms with Gasteiger partial charge in [0.1, 0.15) is 0 Å². The van der Waals surface area contributed by atoms with E-state index in [1.54, 1.807) is 24.3 Å². The number of isocyanates is 2. The fourth-order valence-electron chi connectivity index (χ4n) is 4.48. The van der Waals surface area contributed by atoms with Crippen molar-refractivity contribution in [3.63, 3.8) is 0 Å². The van der Waals surface area contributed by atoms with E-state index in [1.165, 1.54) is 18.2 Å². The van der Waals surface area contributed by atoms with E-state index < -0.39 is 28.7 Å². The Balaban J connectivity index is 2.40. The molecule has 2 aliphatic rings. The highest BCUT2D eigenvalue weighted by Crippen LogP contribution is 2.67. The van der Waals surface area contributed by atoms with E-state index >= 15 is 0 Å². The fraction of sp³-hybridized carbons (Fsp3) is 0.474. The van der Waals surface area contributed by atoms with Crippen molar-refractivity contribution < 1.29 is 29.4 Å². The van der Waals surface area contributed by atoms with Crippen molar-refractivity contribution in [2.75, 3.05) is 13.1 Å². The molecular formula is C19H20N2O6. The minimum atomic E-state index is -1.52. The second-order valence-corrected chi connectivity index (χ2v) is 6.69. The zero-order chi connectivity index (χ0) is 19.9. The van der Waals surface area contributed by atoms with Crippen LogP contribution in [0.1, 0.15) is 19.3 Å². The van der Waals surface area contributed by atoms with Crippen molar-refractivity contribution >= 4 is 24.1 Å². The summed E-state index contributed by atoms with van der Waals surface area (Å²) in [4.78, 5) is 51.4. The van der Waals surface area contributed by atoms with Crippen molar-refractivity contribution in [3.05, 3.63) is 36.5 Å². The summed E-state index contributed by atoms with van der Waals surface area (Å²) in [6.07, 6.45) is 13.7. The molecule has 27 heavy (non-hydrogen) atoms. The highest BCUT2D eigenvalue weighted by molar-refractivity contribution is 5.87. The molecule has 2 rings (SSSR count). The summed E-state index contributed by atoms with van der Waals surface area (Å²) in [6, 6.07) is 0. The number of allylic oxidation sites excluding steroid dienone is 4. The normalized spacial score (nSPS) is 31.1. The van der Waals surface area contributed by atoms with Crippen LogP contribution in [0, 0.1) is 22.7 Å². The number of fused-ring (bicyclic) bond motifs is 2. The van der Waals surface area contributed by atoms with Gasteiger partial charge in [0.05, 0.1) is 24.4 Å². The van der Waals surface area contributed by atoms with Crippen LogP contribution < -0.4 is 0 Å². The largest absolute Gasteiger partial charge is 0.481 e. The molecule has 1 saturated carbocycles. The summed E-state index contributed by atoms with van der Waals surface area (Å²) >= 11 is 0. The minimum Gasteiger partial charge on any atom is -0.481 e. The summed E-state index contributed by atoms with van der Waals surface area (Å²) in [7, 11) is 0. The first-order valence-corrected chi connectivity index (χ1v) is 8.48. The molecule has 0 heterocycles. The lowest BCUT2D eigenvalue weighted by Gasteiger charge is -2.43. The monoisotopic (exact) mass is 372 g/mol. The average molecular weight is 372 g/mol. The molecule has 0 aromatic carbocycles. The Morgan fingerprint density at radius 1 is 1.04 bits per heavy atom. The molecule has 4 atom stereocenters. The van der Waals surface area contributed by atoms with Crippen molar-refractivity contribution in [1.29, 1.82) is 0 Å². The van der Waals surface area contributed by atoms with Crippen LogP contribution in [0.4, 0.5) is 0 Å². The van der Waals surface area contributed by atoms with Crippen LogP contribution in [-0.4, -0.2) is 47.4 Å². The van der Waals surface area contributed by atoms with Crippen LogP contribution >= 0.6 is 0 Å². The molecule has 8 heteroatoms. The SMILES string of the molecule is O=C=NCC=CCC12C=CC(C1)C(C(=O)O)C2(CC=CCN=C=O)C(=O)O. The molecule has 142 valence electrons. The standard InChI is InChI=1S/C19H20N2O6/c22-12-20-9-3-1-6-18-8-5-14(11-18)15(16(24)25)19(18,17(26)27)7-2-4-10-21-13-23/h1-5,8,14-15H,6-7,9-11H2,(H,24,25)(H,26,27). The molecule has 0 amide bonds. The average Bonchev–Trinajstić information content (AvgIpc) is 3.16. The van der Waals surface area contributed by atoms with Gasteiger partial charge in [0.25, 0.3) is 0 Å². The van der Waals surface area contributed by atoms with Gasteiger partial charge in [-0.3, -0.25) is 9.59 Å². The summed E-state index contributed by atoms with van der Waals surface area (Å²) in [5.41, 5.74) is -2.37. The van der Waals surface area contributed by atoms with E-state index in [0.717, 1.165) is 0 Å². The molecule has 0 aromatic heterocycles. The van der Waals surface area contributed by atoms with E-state index in [9.17, 15) is 29.4 Å². The van der Waals surface area contributed by atoms with Gasteiger partial charge in [0, 0.05) is 5.41 Å². The quantitative estimate of drug-likeness (QED) is 0.342. The first kappa shape index (κ1) is 20.2. The Hall–Kier alpha value is -3.08.